The summed E-state index contributed by atoms with van der Waals surface area (Å²) in [5.74, 6) is 0.786. The van der Waals surface area contributed by atoms with Crippen molar-refractivity contribution >= 4 is 5.91 Å². The second-order valence-electron chi connectivity index (χ2n) is 3.80. The number of rotatable bonds is 8. The molecule has 0 aliphatic rings. The Hall–Kier alpha value is -1.59. The van der Waals surface area contributed by atoms with E-state index in [1.807, 2.05) is 24.3 Å². The molecule has 0 saturated heterocycles. The molecule has 1 aromatic rings. The fraction of sp³-hybridized carbons (Fsp3) is 0.462. The molecule has 0 heterocycles. The molecule has 0 aromatic heterocycles. The number of nitrogens with one attached hydrogen (secondary N) is 2. The van der Waals surface area contributed by atoms with E-state index in [1.54, 1.807) is 14.2 Å². The molecule has 100 valence electrons. The van der Waals surface area contributed by atoms with E-state index in [9.17, 15) is 4.79 Å². The van der Waals surface area contributed by atoms with Gasteiger partial charge in [0.2, 0.25) is 5.91 Å². The number of carbonyl (C=O) groups is 1. The van der Waals surface area contributed by atoms with Gasteiger partial charge in [-0.05, 0) is 17.7 Å². The summed E-state index contributed by atoms with van der Waals surface area (Å²) in [6.07, 6.45) is 0. The Balaban J connectivity index is 2.22. The zero-order chi connectivity index (χ0) is 13.2. The normalized spacial score (nSPS) is 10.1. The van der Waals surface area contributed by atoms with Gasteiger partial charge in [0.15, 0.2) is 0 Å². The van der Waals surface area contributed by atoms with Gasteiger partial charge in [-0.3, -0.25) is 4.79 Å². The maximum absolute atomic E-state index is 11.4. The highest BCUT2D eigenvalue weighted by Crippen LogP contribution is 2.11. The minimum atomic E-state index is -0.0325. The SMILES string of the molecule is COCCNC(=O)CNCc1cccc(OC)c1. The Bertz CT molecular complexity index is 369. The van der Waals surface area contributed by atoms with Gasteiger partial charge in [0.1, 0.15) is 5.75 Å². The van der Waals surface area contributed by atoms with Gasteiger partial charge in [-0.25, -0.2) is 0 Å². The van der Waals surface area contributed by atoms with Crippen LogP contribution in [0.2, 0.25) is 0 Å². The third-order valence-electron chi connectivity index (χ3n) is 2.38. The lowest BCUT2D eigenvalue weighted by Gasteiger charge is -2.07. The third kappa shape index (κ3) is 5.65. The Morgan fingerprint density at radius 1 is 1.33 bits per heavy atom. The maximum Gasteiger partial charge on any atom is 0.234 e. The molecule has 0 radical (unpaired) electrons. The summed E-state index contributed by atoms with van der Waals surface area (Å²) >= 11 is 0. The molecule has 5 heteroatoms. The molecule has 0 unspecified atom stereocenters. The van der Waals surface area contributed by atoms with E-state index in [0.717, 1.165) is 11.3 Å². The van der Waals surface area contributed by atoms with Crippen LogP contribution in [-0.4, -0.2) is 39.8 Å². The van der Waals surface area contributed by atoms with Gasteiger partial charge in [0, 0.05) is 20.2 Å². The molecule has 0 saturated carbocycles. The van der Waals surface area contributed by atoms with E-state index in [1.165, 1.54) is 0 Å². The Morgan fingerprint density at radius 3 is 2.89 bits per heavy atom. The molecule has 0 fully saturated rings. The monoisotopic (exact) mass is 252 g/mol. The van der Waals surface area contributed by atoms with Crippen molar-refractivity contribution in [3.8, 4) is 5.75 Å². The molecular weight excluding hydrogens is 232 g/mol. The van der Waals surface area contributed by atoms with Crippen molar-refractivity contribution in [3.05, 3.63) is 29.8 Å². The van der Waals surface area contributed by atoms with Crippen LogP contribution in [0.15, 0.2) is 24.3 Å². The number of carbonyl (C=O) groups excluding carboxylic acids is 1. The van der Waals surface area contributed by atoms with Gasteiger partial charge in [-0.1, -0.05) is 12.1 Å². The van der Waals surface area contributed by atoms with Gasteiger partial charge in [-0.15, -0.1) is 0 Å². The molecule has 5 nitrogen and oxygen atoms in total. The minimum absolute atomic E-state index is 0.0325. The van der Waals surface area contributed by atoms with Crippen LogP contribution in [0.3, 0.4) is 0 Å². The minimum Gasteiger partial charge on any atom is -0.497 e. The van der Waals surface area contributed by atoms with Crippen LogP contribution < -0.4 is 15.4 Å². The van der Waals surface area contributed by atoms with Crippen LogP contribution in [0.25, 0.3) is 0 Å². The molecule has 18 heavy (non-hydrogen) atoms. The third-order valence-corrected chi connectivity index (χ3v) is 2.38. The summed E-state index contributed by atoms with van der Waals surface area (Å²) in [6, 6.07) is 7.74. The predicted octanol–water partition coefficient (Wildman–Crippen LogP) is 0.547. The zero-order valence-electron chi connectivity index (χ0n) is 10.9. The van der Waals surface area contributed by atoms with Gasteiger partial charge >= 0.3 is 0 Å². The standard InChI is InChI=1S/C13H20N2O3/c1-17-7-6-15-13(16)10-14-9-11-4-3-5-12(8-11)18-2/h3-5,8,14H,6-7,9-10H2,1-2H3,(H,15,16). The van der Waals surface area contributed by atoms with Gasteiger partial charge < -0.3 is 20.1 Å². The van der Waals surface area contributed by atoms with Crippen molar-refractivity contribution in [2.24, 2.45) is 0 Å². The average molecular weight is 252 g/mol. The molecule has 0 atom stereocenters. The van der Waals surface area contributed by atoms with Crippen LogP contribution in [0, 0.1) is 0 Å². The van der Waals surface area contributed by atoms with E-state index in [2.05, 4.69) is 10.6 Å². The van der Waals surface area contributed by atoms with E-state index in [4.69, 9.17) is 9.47 Å². The first-order valence-electron chi connectivity index (χ1n) is 5.85. The maximum atomic E-state index is 11.4. The molecule has 0 spiro atoms. The van der Waals surface area contributed by atoms with E-state index < -0.39 is 0 Å². The highest BCUT2D eigenvalue weighted by molar-refractivity contribution is 5.77. The number of hydrogen-bond acceptors (Lipinski definition) is 4. The van der Waals surface area contributed by atoms with Gasteiger partial charge in [-0.2, -0.15) is 0 Å². The molecule has 1 amide bonds. The lowest BCUT2D eigenvalue weighted by Crippen LogP contribution is -2.35. The Labute approximate surface area is 107 Å². The van der Waals surface area contributed by atoms with Gasteiger partial charge in [0.05, 0.1) is 20.3 Å². The first kappa shape index (κ1) is 14.5. The molecular formula is C13H20N2O3. The highest BCUT2D eigenvalue weighted by Gasteiger charge is 2.00. The topological polar surface area (TPSA) is 59.6 Å². The van der Waals surface area contributed by atoms with Crippen molar-refractivity contribution < 1.29 is 14.3 Å². The average Bonchev–Trinajstić information content (AvgIpc) is 2.39. The summed E-state index contributed by atoms with van der Waals surface area (Å²) in [5, 5.41) is 5.81. The predicted molar refractivity (Wildman–Crippen MR) is 69.6 cm³/mol. The zero-order valence-corrected chi connectivity index (χ0v) is 10.9. The first-order valence-corrected chi connectivity index (χ1v) is 5.85. The summed E-state index contributed by atoms with van der Waals surface area (Å²) in [7, 11) is 3.24. The first-order chi connectivity index (χ1) is 8.76. The number of methoxy groups -OCH3 is 2. The summed E-state index contributed by atoms with van der Waals surface area (Å²) in [4.78, 5) is 11.4. The second-order valence-corrected chi connectivity index (χ2v) is 3.80. The molecule has 0 aliphatic heterocycles. The summed E-state index contributed by atoms with van der Waals surface area (Å²) < 4.78 is 9.97. The fourth-order valence-electron chi connectivity index (χ4n) is 1.46. The summed E-state index contributed by atoms with van der Waals surface area (Å²) in [6.45, 7) is 1.99. The number of benzene rings is 1. The van der Waals surface area contributed by atoms with Crippen LogP contribution in [-0.2, 0) is 16.1 Å². The van der Waals surface area contributed by atoms with Crippen molar-refractivity contribution in [2.45, 2.75) is 6.54 Å². The number of amides is 1. The molecule has 0 aliphatic carbocycles. The Morgan fingerprint density at radius 2 is 2.17 bits per heavy atom. The van der Waals surface area contributed by atoms with Crippen LogP contribution in [0.1, 0.15) is 5.56 Å². The van der Waals surface area contributed by atoms with E-state index >= 15 is 0 Å². The van der Waals surface area contributed by atoms with Crippen LogP contribution in [0.4, 0.5) is 0 Å². The smallest absolute Gasteiger partial charge is 0.234 e. The fourth-order valence-corrected chi connectivity index (χ4v) is 1.46. The van der Waals surface area contributed by atoms with Crippen LogP contribution >= 0.6 is 0 Å². The lowest BCUT2D eigenvalue weighted by molar-refractivity contribution is -0.120. The van der Waals surface area contributed by atoms with E-state index in [-0.39, 0.29) is 5.91 Å². The van der Waals surface area contributed by atoms with Crippen molar-refractivity contribution in [1.82, 2.24) is 10.6 Å². The molecule has 2 N–H and O–H groups in total. The van der Waals surface area contributed by atoms with Crippen LogP contribution in [0.5, 0.6) is 5.75 Å². The molecule has 1 rings (SSSR count). The molecule has 0 bridgehead atoms. The van der Waals surface area contributed by atoms with Crippen molar-refractivity contribution in [3.63, 3.8) is 0 Å². The van der Waals surface area contributed by atoms with Crippen molar-refractivity contribution in [2.75, 3.05) is 33.9 Å². The quantitative estimate of drug-likeness (QED) is 0.663. The lowest BCUT2D eigenvalue weighted by atomic mass is 10.2. The van der Waals surface area contributed by atoms with Crippen molar-refractivity contribution in [1.29, 1.82) is 0 Å². The Kier molecular flexibility index (Phi) is 6.83. The summed E-state index contributed by atoms with van der Waals surface area (Å²) in [5.41, 5.74) is 1.08. The largest absolute Gasteiger partial charge is 0.497 e. The van der Waals surface area contributed by atoms with Gasteiger partial charge in [0.25, 0.3) is 0 Å². The highest BCUT2D eigenvalue weighted by atomic mass is 16.5. The number of hydrogen-bond donors (Lipinski definition) is 2. The van der Waals surface area contributed by atoms with E-state index in [0.29, 0.717) is 26.2 Å². The molecule has 1 aromatic carbocycles. The number of ether oxygens (including phenoxy) is 2. The second kappa shape index (κ2) is 8.49.